The Kier molecular flexibility index (Phi) is 6.00. The fourth-order valence-corrected chi connectivity index (χ4v) is 5.48. The highest BCUT2D eigenvalue weighted by atomic mass is 16.2. The van der Waals surface area contributed by atoms with E-state index in [1.165, 1.54) is 64.3 Å². The third-order valence-corrected chi connectivity index (χ3v) is 6.85. The molecule has 1 aromatic heterocycles. The van der Waals surface area contributed by atoms with Gasteiger partial charge in [-0.25, -0.2) is 0 Å². The SMILES string of the molecule is C[C@@H](C[C@@H]1CCCN1C1CCCCCCC1)n1c(=O)c(=O)[nH]c2ccccc21. The molecule has 5 heteroatoms. The zero-order valence-corrected chi connectivity index (χ0v) is 17.0. The van der Waals surface area contributed by atoms with Crippen molar-refractivity contribution in [3.8, 4) is 0 Å². The molecule has 5 nitrogen and oxygen atoms in total. The molecule has 1 aliphatic heterocycles. The number of nitrogens with one attached hydrogen (secondary N) is 1. The van der Waals surface area contributed by atoms with Crippen molar-refractivity contribution in [3.63, 3.8) is 0 Å². The van der Waals surface area contributed by atoms with Crippen LogP contribution in [0.4, 0.5) is 0 Å². The molecule has 1 aromatic carbocycles. The highest BCUT2D eigenvalue weighted by Crippen LogP contribution is 2.32. The third-order valence-electron chi connectivity index (χ3n) is 6.85. The molecule has 2 aliphatic rings. The molecule has 152 valence electrons. The number of fused-ring (bicyclic) bond motifs is 1. The van der Waals surface area contributed by atoms with Crippen LogP contribution < -0.4 is 11.1 Å². The number of likely N-dealkylation sites (tertiary alicyclic amines) is 1. The Morgan fingerprint density at radius 2 is 1.71 bits per heavy atom. The fourth-order valence-electron chi connectivity index (χ4n) is 5.48. The first-order valence-electron chi connectivity index (χ1n) is 11.1. The minimum atomic E-state index is -0.520. The first kappa shape index (κ1) is 19.4. The zero-order valence-electron chi connectivity index (χ0n) is 17.0. The standard InChI is InChI=1S/C23H33N3O2/c1-17(26-21-14-8-7-13-20(21)24-22(27)23(26)28)16-19-12-9-15-25(19)18-10-5-3-2-4-6-11-18/h7-8,13-14,17-19H,2-6,9-12,15-16H2,1H3,(H,24,27)/t17-,19-/m0/s1. The van der Waals surface area contributed by atoms with E-state index in [1.807, 2.05) is 24.3 Å². The number of rotatable bonds is 4. The minimum absolute atomic E-state index is 0.0128. The summed E-state index contributed by atoms with van der Waals surface area (Å²) in [5, 5.41) is 0. The number of para-hydroxylation sites is 2. The Labute approximate surface area is 166 Å². The summed E-state index contributed by atoms with van der Waals surface area (Å²) < 4.78 is 1.72. The van der Waals surface area contributed by atoms with Crippen molar-refractivity contribution in [1.82, 2.24) is 14.5 Å². The lowest BCUT2D eigenvalue weighted by molar-refractivity contribution is 0.136. The number of hydrogen-bond acceptors (Lipinski definition) is 3. The molecular weight excluding hydrogens is 350 g/mol. The largest absolute Gasteiger partial charge is 0.316 e. The zero-order chi connectivity index (χ0) is 19.5. The summed E-state index contributed by atoms with van der Waals surface area (Å²) in [5.74, 6) is 0. The molecular formula is C23H33N3O2. The summed E-state index contributed by atoms with van der Waals surface area (Å²) in [6, 6.07) is 8.86. The van der Waals surface area contributed by atoms with Crippen LogP contribution in [-0.2, 0) is 0 Å². The van der Waals surface area contributed by atoms with Gasteiger partial charge in [-0.2, -0.15) is 0 Å². The Balaban J connectivity index is 1.57. The highest BCUT2D eigenvalue weighted by molar-refractivity contribution is 5.74. The van der Waals surface area contributed by atoms with Crippen LogP contribution in [0.15, 0.2) is 33.9 Å². The molecule has 1 aliphatic carbocycles. The van der Waals surface area contributed by atoms with Crippen molar-refractivity contribution >= 4 is 11.0 Å². The normalized spacial score (nSPS) is 23.5. The van der Waals surface area contributed by atoms with Crippen molar-refractivity contribution < 1.29 is 0 Å². The first-order chi connectivity index (χ1) is 13.6. The molecule has 0 amide bonds. The molecule has 1 N–H and O–H groups in total. The van der Waals surface area contributed by atoms with Crippen LogP contribution in [0, 0.1) is 0 Å². The summed E-state index contributed by atoms with van der Waals surface area (Å²) >= 11 is 0. The van der Waals surface area contributed by atoms with E-state index in [2.05, 4.69) is 16.8 Å². The maximum absolute atomic E-state index is 12.7. The van der Waals surface area contributed by atoms with E-state index >= 15 is 0 Å². The van der Waals surface area contributed by atoms with Crippen LogP contribution in [0.5, 0.6) is 0 Å². The molecule has 4 rings (SSSR count). The predicted octanol–water partition coefficient (Wildman–Crippen LogP) is 4.22. The summed E-state index contributed by atoms with van der Waals surface area (Å²) in [4.78, 5) is 30.3. The van der Waals surface area contributed by atoms with E-state index in [1.54, 1.807) is 4.57 Å². The number of hydrogen-bond donors (Lipinski definition) is 1. The van der Waals surface area contributed by atoms with Crippen LogP contribution >= 0.6 is 0 Å². The van der Waals surface area contributed by atoms with Gasteiger partial charge < -0.3 is 4.98 Å². The average molecular weight is 384 g/mol. The quantitative estimate of drug-likeness (QED) is 0.804. The number of aromatic amines is 1. The Morgan fingerprint density at radius 1 is 1.00 bits per heavy atom. The summed E-state index contributed by atoms with van der Waals surface area (Å²) in [6.07, 6.45) is 12.9. The van der Waals surface area contributed by atoms with Gasteiger partial charge in [0.25, 0.3) is 0 Å². The Bertz CT molecular complexity index is 908. The molecule has 0 bridgehead atoms. The maximum atomic E-state index is 12.7. The van der Waals surface area contributed by atoms with Crippen LogP contribution in [0.1, 0.15) is 77.2 Å². The lowest BCUT2D eigenvalue weighted by atomic mass is 9.94. The van der Waals surface area contributed by atoms with Crippen molar-refractivity contribution in [1.29, 1.82) is 0 Å². The lowest BCUT2D eigenvalue weighted by Gasteiger charge is -2.35. The monoisotopic (exact) mass is 383 g/mol. The van der Waals surface area contributed by atoms with Crippen molar-refractivity contribution in [3.05, 3.63) is 45.0 Å². The lowest BCUT2D eigenvalue weighted by Crippen LogP contribution is -2.42. The molecule has 2 atom stereocenters. The second kappa shape index (κ2) is 8.64. The Hall–Kier alpha value is -1.88. The van der Waals surface area contributed by atoms with Gasteiger partial charge in [0.05, 0.1) is 11.0 Å². The second-order valence-electron chi connectivity index (χ2n) is 8.76. The number of nitrogens with zero attached hydrogens (tertiary/aromatic N) is 2. The van der Waals surface area contributed by atoms with E-state index in [0.717, 1.165) is 17.5 Å². The fraction of sp³-hybridized carbons (Fsp3) is 0.652. The summed E-state index contributed by atoms with van der Waals surface area (Å²) in [5.41, 5.74) is 0.618. The van der Waals surface area contributed by atoms with Gasteiger partial charge in [0, 0.05) is 18.1 Å². The van der Waals surface area contributed by atoms with E-state index in [-0.39, 0.29) is 6.04 Å². The van der Waals surface area contributed by atoms with E-state index in [9.17, 15) is 9.59 Å². The smallest absolute Gasteiger partial charge is 0.316 e. The van der Waals surface area contributed by atoms with E-state index < -0.39 is 11.1 Å². The van der Waals surface area contributed by atoms with E-state index in [0.29, 0.717) is 12.1 Å². The maximum Gasteiger partial charge on any atom is 0.316 e. The average Bonchev–Trinajstić information content (AvgIpc) is 3.10. The number of benzene rings is 1. The molecule has 2 heterocycles. The molecule has 1 saturated carbocycles. The van der Waals surface area contributed by atoms with Crippen molar-refractivity contribution in [2.45, 2.75) is 89.3 Å². The number of aromatic nitrogens is 2. The van der Waals surface area contributed by atoms with Gasteiger partial charge in [0.2, 0.25) is 0 Å². The molecule has 2 aromatic rings. The van der Waals surface area contributed by atoms with Gasteiger partial charge in [-0.1, -0.05) is 44.2 Å². The van der Waals surface area contributed by atoms with Gasteiger partial charge in [0.1, 0.15) is 0 Å². The topological polar surface area (TPSA) is 58.1 Å². The van der Waals surface area contributed by atoms with Gasteiger partial charge in [-0.15, -0.1) is 0 Å². The first-order valence-corrected chi connectivity index (χ1v) is 11.1. The molecule has 2 fully saturated rings. The van der Waals surface area contributed by atoms with Crippen LogP contribution in [0.3, 0.4) is 0 Å². The summed E-state index contributed by atoms with van der Waals surface area (Å²) in [7, 11) is 0. The predicted molar refractivity (Wildman–Crippen MR) is 114 cm³/mol. The van der Waals surface area contributed by atoms with Crippen molar-refractivity contribution in [2.24, 2.45) is 0 Å². The minimum Gasteiger partial charge on any atom is -0.316 e. The second-order valence-corrected chi connectivity index (χ2v) is 8.76. The van der Waals surface area contributed by atoms with Crippen LogP contribution in [-0.4, -0.2) is 33.1 Å². The highest BCUT2D eigenvalue weighted by Gasteiger charge is 2.32. The van der Waals surface area contributed by atoms with Gasteiger partial charge in [-0.05, 0) is 57.7 Å². The molecule has 0 radical (unpaired) electrons. The van der Waals surface area contributed by atoms with Crippen molar-refractivity contribution in [2.75, 3.05) is 6.54 Å². The third kappa shape index (κ3) is 3.95. The number of H-pyrrole nitrogens is 1. The summed E-state index contributed by atoms with van der Waals surface area (Å²) in [6.45, 7) is 3.29. The molecule has 1 saturated heterocycles. The van der Waals surface area contributed by atoms with Gasteiger partial charge >= 0.3 is 11.1 Å². The van der Waals surface area contributed by atoms with Gasteiger partial charge in [-0.3, -0.25) is 19.1 Å². The molecule has 28 heavy (non-hydrogen) atoms. The van der Waals surface area contributed by atoms with Crippen LogP contribution in [0.2, 0.25) is 0 Å². The van der Waals surface area contributed by atoms with Crippen LogP contribution in [0.25, 0.3) is 11.0 Å². The van der Waals surface area contributed by atoms with E-state index in [4.69, 9.17) is 0 Å². The Morgan fingerprint density at radius 3 is 2.50 bits per heavy atom. The molecule has 0 spiro atoms. The van der Waals surface area contributed by atoms with Gasteiger partial charge in [0.15, 0.2) is 0 Å². The molecule has 0 unspecified atom stereocenters.